The van der Waals surface area contributed by atoms with Crippen LogP contribution < -0.4 is 0 Å². The number of fused-ring (bicyclic) bond motifs is 2. The lowest BCUT2D eigenvalue weighted by Gasteiger charge is -2.17. The number of benzene rings is 2. The normalized spacial score (nSPS) is 13.4. The Labute approximate surface area is 140 Å². The van der Waals surface area contributed by atoms with E-state index in [1.165, 1.54) is 27.8 Å². The first kappa shape index (κ1) is 16.0. The van der Waals surface area contributed by atoms with Gasteiger partial charge in [0.1, 0.15) is 0 Å². The van der Waals surface area contributed by atoms with Crippen molar-refractivity contribution in [3.8, 4) is 0 Å². The summed E-state index contributed by atoms with van der Waals surface area (Å²) in [5.74, 6) is 0. The van der Waals surface area contributed by atoms with Gasteiger partial charge in [0.25, 0.3) is 0 Å². The van der Waals surface area contributed by atoms with E-state index in [4.69, 9.17) is 0 Å². The second-order valence-electron chi connectivity index (χ2n) is 6.25. The zero-order chi connectivity index (χ0) is 16.1. The molecule has 0 bridgehead atoms. The van der Waals surface area contributed by atoms with E-state index in [0.717, 1.165) is 38.9 Å². The third kappa shape index (κ3) is 3.56. The van der Waals surface area contributed by atoms with Crippen molar-refractivity contribution in [2.45, 2.75) is 33.1 Å². The molecule has 0 spiro atoms. The van der Waals surface area contributed by atoms with Gasteiger partial charge in [-0.15, -0.1) is 0 Å². The van der Waals surface area contributed by atoms with Crippen molar-refractivity contribution in [3.63, 3.8) is 0 Å². The highest BCUT2D eigenvalue weighted by molar-refractivity contribution is 5.83. The predicted octanol–water partition coefficient (Wildman–Crippen LogP) is 4.95. The van der Waals surface area contributed by atoms with Crippen LogP contribution >= 0.6 is 0 Å². The standard InChI is InChI=1S/C22H27N/c1-3-23(4-2)17-9-14-22-20-12-7-5-10-18(20)15-16-19-11-6-8-13-21(19)22/h5-8,10-14H,3-4,9,15-17H2,1-2H3. The maximum Gasteiger partial charge on any atom is 0.00160 e. The van der Waals surface area contributed by atoms with Gasteiger partial charge in [-0.05, 0) is 60.2 Å². The lowest BCUT2D eigenvalue weighted by Crippen LogP contribution is -2.23. The van der Waals surface area contributed by atoms with Crippen LogP contribution in [0.5, 0.6) is 0 Å². The van der Waals surface area contributed by atoms with E-state index in [0.29, 0.717) is 0 Å². The Balaban J connectivity index is 1.96. The van der Waals surface area contributed by atoms with Crippen LogP contribution in [0, 0.1) is 0 Å². The molecule has 1 aliphatic carbocycles. The third-order valence-corrected chi connectivity index (χ3v) is 4.97. The Morgan fingerprint density at radius 1 is 0.826 bits per heavy atom. The van der Waals surface area contributed by atoms with Crippen LogP contribution in [0.4, 0.5) is 0 Å². The summed E-state index contributed by atoms with van der Waals surface area (Å²) in [6.07, 6.45) is 5.85. The van der Waals surface area contributed by atoms with Crippen molar-refractivity contribution in [1.29, 1.82) is 0 Å². The van der Waals surface area contributed by atoms with Crippen molar-refractivity contribution in [2.24, 2.45) is 0 Å². The van der Waals surface area contributed by atoms with Crippen molar-refractivity contribution in [2.75, 3.05) is 19.6 Å². The van der Waals surface area contributed by atoms with Crippen LogP contribution in [0.25, 0.3) is 5.57 Å². The van der Waals surface area contributed by atoms with E-state index in [9.17, 15) is 0 Å². The number of aryl methyl sites for hydroxylation is 2. The highest BCUT2D eigenvalue weighted by Gasteiger charge is 2.17. The summed E-state index contributed by atoms with van der Waals surface area (Å²) < 4.78 is 0. The van der Waals surface area contributed by atoms with Crippen molar-refractivity contribution < 1.29 is 0 Å². The summed E-state index contributed by atoms with van der Waals surface area (Å²) in [5.41, 5.74) is 7.26. The van der Waals surface area contributed by atoms with Crippen LogP contribution in [0.15, 0.2) is 54.6 Å². The molecule has 0 unspecified atom stereocenters. The van der Waals surface area contributed by atoms with Gasteiger partial charge >= 0.3 is 0 Å². The van der Waals surface area contributed by atoms with Gasteiger partial charge < -0.3 is 4.90 Å². The molecule has 23 heavy (non-hydrogen) atoms. The van der Waals surface area contributed by atoms with Gasteiger partial charge in [-0.25, -0.2) is 0 Å². The zero-order valence-electron chi connectivity index (χ0n) is 14.4. The van der Waals surface area contributed by atoms with Crippen LogP contribution in [0.2, 0.25) is 0 Å². The smallest absolute Gasteiger partial charge is 0.00160 e. The molecule has 0 saturated heterocycles. The second-order valence-corrected chi connectivity index (χ2v) is 6.25. The molecule has 1 nitrogen and oxygen atoms in total. The molecule has 0 aliphatic heterocycles. The molecular weight excluding hydrogens is 278 g/mol. The summed E-state index contributed by atoms with van der Waals surface area (Å²) in [7, 11) is 0. The van der Waals surface area contributed by atoms with Gasteiger partial charge in [0.05, 0.1) is 0 Å². The molecule has 0 atom stereocenters. The summed E-state index contributed by atoms with van der Waals surface area (Å²) in [4.78, 5) is 2.49. The van der Waals surface area contributed by atoms with Gasteiger partial charge in [0, 0.05) is 6.54 Å². The van der Waals surface area contributed by atoms with E-state index < -0.39 is 0 Å². The van der Waals surface area contributed by atoms with Crippen LogP contribution in [0.3, 0.4) is 0 Å². The van der Waals surface area contributed by atoms with E-state index in [-0.39, 0.29) is 0 Å². The van der Waals surface area contributed by atoms with Gasteiger partial charge in [-0.3, -0.25) is 0 Å². The molecule has 1 aliphatic rings. The summed E-state index contributed by atoms with van der Waals surface area (Å²) >= 11 is 0. The monoisotopic (exact) mass is 305 g/mol. The van der Waals surface area contributed by atoms with Gasteiger partial charge in [0.2, 0.25) is 0 Å². The van der Waals surface area contributed by atoms with E-state index >= 15 is 0 Å². The van der Waals surface area contributed by atoms with Crippen LogP contribution in [-0.4, -0.2) is 24.5 Å². The summed E-state index contributed by atoms with van der Waals surface area (Å²) in [5, 5.41) is 0. The molecule has 0 N–H and O–H groups in total. The third-order valence-electron chi connectivity index (χ3n) is 4.97. The molecule has 1 heteroatoms. The Morgan fingerprint density at radius 2 is 1.35 bits per heavy atom. The average Bonchev–Trinajstić information content (AvgIpc) is 2.76. The summed E-state index contributed by atoms with van der Waals surface area (Å²) in [6.45, 7) is 7.89. The maximum absolute atomic E-state index is 2.49. The SMILES string of the molecule is CCN(CC)CCC=C1c2ccccc2CCc2ccccc21. The molecule has 0 radical (unpaired) electrons. The highest BCUT2D eigenvalue weighted by atomic mass is 15.1. The molecule has 2 aromatic carbocycles. The molecule has 0 saturated carbocycles. The van der Waals surface area contributed by atoms with Crippen molar-refractivity contribution in [3.05, 3.63) is 76.9 Å². The predicted molar refractivity (Wildman–Crippen MR) is 99.8 cm³/mol. The fraction of sp³-hybridized carbons (Fsp3) is 0.364. The Bertz CT molecular complexity index is 630. The van der Waals surface area contributed by atoms with Gasteiger partial charge in [-0.1, -0.05) is 68.5 Å². The molecule has 0 amide bonds. The molecule has 2 aromatic rings. The Kier molecular flexibility index (Phi) is 5.30. The number of rotatable bonds is 5. The second kappa shape index (κ2) is 7.61. The lowest BCUT2D eigenvalue weighted by atomic mass is 9.93. The number of hydrogen-bond acceptors (Lipinski definition) is 1. The molecule has 3 rings (SSSR count). The number of hydrogen-bond donors (Lipinski definition) is 0. The zero-order valence-corrected chi connectivity index (χ0v) is 14.4. The first-order valence-electron chi connectivity index (χ1n) is 8.92. The van der Waals surface area contributed by atoms with Crippen LogP contribution in [-0.2, 0) is 12.8 Å². The first-order chi connectivity index (χ1) is 11.3. The van der Waals surface area contributed by atoms with Crippen LogP contribution in [0.1, 0.15) is 42.5 Å². The minimum Gasteiger partial charge on any atom is -0.304 e. The lowest BCUT2D eigenvalue weighted by molar-refractivity contribution is 0.310. The Morgan fingerprint density at radius 3 is 1.87 bits per heavy atom. The van der Waals surface area contributed by atoms with Gasteiger partial charge in [-0.2, -0.15) is 0 Å². The minimum atomic E-state index is 1.11. The first-order valence-corrected chi connectivity index (χ1v) is 8.92. The van der Waals surface area contributed by atoms with Crippen molar-refractivity contribution in [1.82, 2.24) is 4.90 Å². The van der Waals surface area contributed by atoms with E-state index in [1.54, 1.807) is 0 Å². The Hall–Kier alpha value is -1.86. The summed E-state index contributed by atoms with van der Waals surface area (Å²) in [6, 6.07) is 17.8. The van der Waals surface area contributed by atoms with Gasteiger partial charge in [0.15, 0.2) is 0 Å². The molecule has 0 fully saturated rings. The molecule has 0 aromatic heterocycles. The minimum absolute atomic E-state index is 1.11. The fourth-order valence-electron chi connectivity index (χ4n) is 3.57. The molecular formula is C22H27N. The maximum atomic E-state index is 2.49. The number of nitrogens with zero attached hydrogens (tertiary/aromatic N) is 1. The average molecular weight is 305 g/mol. The molecule has 0 heterocycles. The quantitative estimate of drug-likeness (QED) is 0.755. The molecule has 120 valence electrons. The largest absolute Gasteiger partial charge is 0.304 e. The highest BCUT2D eigenvalue weighted by Crippen LogP contribution is 2.33. The fourth-order valence-corrected chi connectivity index (χ4v) is 3.57. The van der Waals surface area contributed by atoms with E-state index in [2.05, 4.69) is 73.4 Å². The topological polar surface area (TPSA) is 3.24 Å². The van der Waals surface area contributed by atoms with E-state index in [1.807, 2.05) is 0 Å². The van der Waals surface area contributed by atoms with Crippen molar-refractivity contribution >= 4 is 5.57 Å².